The van der Waals surface area contributed by atoms with E-state index in [0.717, 1.165) is 0 Å². The number of rotatable bonds is 14. The molecule has 0 radical (unpaired) electrons. The molecule has 0 aromatic heterocycles. The lowest BCUT2D eigenvalue weighted by atomic mass is 10.3. The van der Waals surface area contributed by atoms with Gasteiger partial charge in [-0.25, -0.2) is 9.59 Å². The van der Waals surface area contributed by atoms with Gasteiger partial charge in [0.1, 0.15) is 19.3 Å². The lowest BCUT2D eigenvalue weighted by Crippen LogP contribution is -2.26. The Morgan fingerprint density at radius 3 is 1.50 bits per heavy atom. The Bertz CT molecular complexity index is 584. The monoisotopic (exact) mass is 436 g/mol. The molecule has 0 rings (SSSR count). The van der Waals surface area contributed by atoms with E-state index in [2.05, 4.69) is 9.47 Å². The fourth-order valence-electron chi connectivity index (χ4n) is 1.83. The average molecular weight is 436 g/mol. The summed E-state index contributed by atoms with van der Waals surface area (Å²) in [6.45, 7) is 2.38. The molecule has 0 saturated heterocycles. The Morgan fingerprint density at radius 2 is 1.00 bits per heavy atom. The summed E-state index contributed by atoms with van der Waals surface area (Å²) < 4.78 is 23.5. The molecule has 0 saturated carbocycles. The fourth-order valence-corrected chi connectivity index (χ4v) is 1.83. The van der Waals surface area contributed by atoms with Gasteiger partial charge in [0.2, 0.25) is 0 Å². The molecule has 3 atom stereocenters. The van der Waals surface area contributed by atoms with Crippen LogP contribution in [-0.4, -0.2) is 84.8 Å². The lowest BCUT2D eigenvalue weighted by molar-refractivity contribution is -0.168. The van der Waals surface area contributed by atoms with E-state index in [4.69, 9.17) is 24.4 Å². The highest BCUT2D eigenvalue weighted by atomic mass is 16.6. The van der Waals surface area contributed by atoms with Crippen LogP contribution in [-0.2, 0) is 47.7 Å². The van der Waals surface area contributed by atoms with Crippen LogP contribution in [0.5, 0.6) is 0 Å². The first-order valence-corrected chi connectivity index (χ1v) is 9.17. The number of ether oxygens (including phenoxy) is 5. The Labute approximate surface area is 173 Å². The topological polar surface area (TPSA) is 172 Å². The number of carbonyl (C=O) groups excluding carboxylic acids is 5. The van der Waals surface area contributed by atoms with Crippen molar-refractivity contribution in [3.63, 3.8) is 0 Å². The second-order valence-electron chi connectivity index (χ2n) is 6.37. The molecule has 0 amide bonds. The maximum Gasteiger partial charge on any atom is 0.344 e. The first-order chi connectivity index (χ1) is 14.0. The molecule has 0 unspecified atom stereocenters. The molecular weight excluding hydrogens is 408 g/mol. The molecule has 30 heavy (non-hydrogen) atoms. The van der Waals surface area contributed by atoms with Crippen molar-refractivity contribution in [2.45, 2.75) is 58.3 Å². The van der Waals surface area contributed by atoms with Gasteiger partial charge in [0, 0.05) is 0 Å². The summed E-state index contributed by atoms with van der Waals surface area (Å²) in [4.78, 5) is 56.9. The molecule has 2 N–H and O–H groups in total. The first kappa shape index (κ1) is 27.3. The molecule has 12 nitrogen and oxygen atoms in total. The van der Waals surface area contributed by atoms with Crippen LogP contribution in [0, 0.1) is 0 Å². The molecule has 0 heterocycles. The number of aliphatic hydroxyl groups excluding tert-OH is 2. The first-order valence-electron chi connectivity index (χ1n) is 9.17. The van der Waals surface area contributed by atoms with Crippen molar-refractivity contribution in [2.24, 2.45) is 0 Å². The van der Waals surface area contributed by atoms with E-state index in [1.807, 2.05) is 0 Å². The van der Waals surface area contributed by atoms with E-state index in [1.54, 1.807) is 0 Å². The Kier molecular flexibility index (Phi) is 13.8. The standard InChI is InChI=1S/C18H28O12/c1-11(19)6-14(21)26-4-5-27-16(23)8-13(3)30-18(25)10-29-17(24)9-28-15(22)7-12(2)20/h11-13,19-20H,4-10H2,1-3H3/t11-,12-,13-/m1/s1. The molecule has 0 aromatic carbocycles. The SMILES string of the molecule is C[C@H](CC(=O)OCCOC(=O)C[C@@H](C)O)OC(=O)COC(=O)COC(=O)C[C@@H](C)O. The molecular formula is C18H28O12. The van der Waals surface area contributed by atoms with Crippen LogP contribution in [0.25, 0.3) is 0 Å². The van der Waals surface area contributed by atoms with Gasteiger partial charge >= 0.3 is 29.8 Å². The minimum Gasteiger partial charge on any atom is -0.462 e. The van der Waals surface area contributed by atoms with Crippen LogP contribution >= 0.6 is 0 Å². The highest BCUT2D eigenvalue weighted by Gasteiger charge is 2.17. The summed E-state index contributed by atoms with van der Waals surface area (Å²) in [5.74, 6) is -4.04. The molecule has 0 aliphatic heterocycles. The maximum atomic E-state index is 11.6. The van der Waals surface area contributed by atoms with Gasteiger partial charge in [-0.1, -0.05) is 0 Å². The molecule has 0 aromatic rings. The minimum absolute atomic E-state index is 0.171. The zero-order valence-corrected chi connectivity index (χ0v) is 17.2. The summed E-state index contributed by atoms with van der Waals surface area (Å²) in [5, 5.41) is 18.0. The minimum atomic E-state index is -0.983. The van der Waals surface area contributed by atoms with Crippen LogP contribution < -0.4 is 0 Å². The summed E-state index contributed by atoms with van der Waals surface area (Å²) >= 11 is 0. The van der Waals surface area contributed by atoms with Crippen molar-refractivity contribution < 1.29 is 57.9 Å². The van der Waals surface area contributed by atoms with Gasteiger partial charge in [-0.05, 0) is 20.8 Å². The largest absolute Gasteiger partial charge is 0.462 e. The van der Waals surface area contributed by atoms with Crippen LogP contribution in [0.2, 0.25) is 0 Å². The van der Waals surface area contributed by atoms with Crippen molar-refractivity contribution in [1.82, 2.24) is 0 Å². The molecule has 0 aliphatic rings. The van der Waals surface area contributed by atoms with Gasteiger partial charge < -0.3 is 33.9 Å². The molecule has 0 spiro atoms. The third kappa shape index (κ3) is 16.2. The van der Waals surface area contributed by atoms with Gasteiger partial charge in [0.25, 0.3) is 0 Å². The number of hydrogen-bond donors (Lipinski definition) is 2. The number of esters is 5. The smallest absolute Gasteiger partial charge is 0.344 e. The van der Waals surface area contributed by atoms with Crippen LogP contribution in [0.15, 0.2) is 0 Å². The number of hydrogen-bond acceptors (Lipinski definition) is 12. The summed E-state index contributed by atoms with van der Waals surface area (Å²) in [6, 6.07) is 0. The van der Waals surface area contributed by atoms with Crippen LogP contribution in [0.1, 0.15) is 40.0 Å². The van der Waals surface area contributed by atoms with Crippen molar-refractivity contribution in [2.75, 3.05) is 26.4 Å². The summed E-state index contributed by atoms with van der Waals surface area (Å²) in [5.41, 5.74) is 0. The third-order valence-corrected chi connectivity index (χ3v) is 3.02. The predicted octanol–water partition coefficient (Wildman–Crippen LogP) is -0.977. The molecule has 0 fully saturated rings. The van der Waals surface area contributed by atoms with E-state index in [0.29, 0.717) is 0 Å². The average Bonchev–Trinajstić information content (AvgIpc) is 2.60. The van der Waals surface area contributed by atoms with E-state index in [9.17, 15) is 24.0 Å². The van der Waals surface area contributed by atoms with E-state index < -0.39 is 61.4 Å². The number of carbonyl (C=O) groups is 5. The molecule has 0 aliphatic carbocycles. The Hall–Kier alpha value is -2.73. The van der Waals surface area contributed by atoms with Crippen molar-refractivity contribution >= 4 is 29.8 Å². The highest BCUT2D eigenvalue weighted by Crippen LogP contribution is 2.01. The predicted molar refractivity (Wildman–Crippen MR) is 96.6 cm³/mol. The zero-order chi connectivity index (χ0) is 23.1. The Balaban J connectivity index is 3.91. The van der Waals surface area contributed by atoms with E-state index >= 15 is 0 Å². The number of aliphatic hydroxyl groups is 2. The Morgan fingerprint density at radius 1 is 0.600 bits per heavy atom. The normalized spacial score (nSPS) is 13.4. The summed E-state index contributed by atoms with van der Waals surface area (Å²) in [7, 11) is 0. The van der Waals surface area contributed by atoms with Gasteiger partial charge in [-0.15, -0.1) is 0 Å². The molecule has 0 bridgehead atoms. The van der Waals surface area contributed by atoms with E-state index in [-0.39, 0.29) is 32.5 Å². The van der Waals surface area contributed by atoms with Gasteiger partial charge in [0.05, 0.1) is 31.5 Å². The lowest BCUT2D eigenvalue weighted by Gasteiger charge is -2.13. The van der Waals surface area contributed by atoms with E-state index in [1.165, 1.54) is 20.8 Å². The second kappa shape index (κ2) is 15.2. The van der Waals surface area contributed by atoms with Crippen molar-refractivity contribution in [1.29, 1.82) is 0 Å². The highest BCUT2D eigenvalue weighted by molar-refractivity contribution is 5.79. The zero-order valence-electron chi connectivity index (χ0n) is 17.2. The fraction of sp³-hybridized carbons (Fsp3) is 0.722. The summed E-state index contributed by atoms with van der Waals surface area (Å²) in [6.07, 6.45) is -3.35. The quantitative estimate of drug-likeness (QED) is 0.194. The maximum absolute atomic E-state index is 11.6. The second-order valence-corrected chi connectivity index (χ2v) is 6.37. The third-order valence-electron chi connectivity index (χ3n) is 3.02. The van der Waals surface area contributed by atoms with Crippen molar-refractivity contribution in [3.05, 3.63) is 0 Å². The van der Waals surface area contributed by atoms with Crippen LogP contribution in [0.3, 0.4) is 0 Å². The molecule has 12 heteroatoms. The van der Waals surface area contributed by atoms with Gasteiger partial charge in [-0.2, -0.15) is 0 Å². The van der Waals surface area contributed by atoms with Crippen molar-refractivity contribution in [3.8, 4) is 0 Å². The van der Waals surface area contributed by atoms with Gasteiger partial charge in [0.15, 0.2) is 13.2 Å². The van der Waals surface area contributed by atoms with Crippen LogP contribution in [0.4, 0.5) is 0 Å². The molecule has 172 valence electrons. The van der Waals surface area contributed by atoms with Gasteiger partial charge in [-0.3, -0.25) is 14.4 Å².